The van der Waals surface area contributed by atoms with E-state index in [2.05, 4.69) is 42.5 Å². The summed E-state index contributed by atoms with van der Waals surface area (Å²) in [4.78, 5) is 12.2. The monoisotopic (exact) mass is 272 g/mol. The van der Waals surface area contributed by atoms with Crippen LogP contribution in [0.25, 0.3) is 5.57 Å². The summed E-state index contributed by atoms with van der Waals surface area (Å²) in [5.74, 6) is 0.121. The molecule has 2 aromatic rings. The predicted octanol–water partition coefficient (Wildman–Crippen LogP) is 4.55. The average molecular weight is 272 g/mol. The van der Waals surface area contributed by atoms with E-state index in [-0.39, 0.29) is 11.2 Å². The predicted molar refractivity (Wildman–Crippen MR) is 85.2 cm³/mol. The van der Waals surface area contributed by atoms with Crippen LogP contribution in [0.15, 0.2) is 72.8 Å². The van der Waals surface area contributed by atoms with Crippen molar-refractivity contribution in [3.63, 3.8) is 0 Å². The van der Waals surface area contributed by atoms with Crippen LogP contribution in [0.3, 0.4) is 0 Å². The third kappa shape index (κ3) is 1.74. The minimum Gasteiger partial charge on any atom is -0.289 e. The van der Waals surface area contributed by atoms with Crippen LogP contribution >= 0.6 is 0 Å². The molecule has 0 radical (unpaired) electrons. The van der Waals surface area contributed by atoms with E-state index in [4.69, 9.17) is 0 Å². The van der Waals surface area contributed by atoms with Crippen LogP contribution in [0.5, 0.6) is 0 Å². The van der Waals surface area contributed by atoms with Crippen molar-refractivity contribution in [1.82, 2.24) is 0 Å². The molecular formula is C20H16O. The van der Waals surface area contributed by atoms with E-state index in [9.17, 15) is 4.79 Å². The highest BCUT2D eigenvalue weighted by molar-refractivity contribution is 6.09. The molecule has 2 aliphatic rings. The maximum absolute atomic E-state index is 12.2. The zero-order chi connectivity index (χ0) is 14.3. The molecule has 2 aliphatic carbocycles. The SMILES string of the molecule is O=C1C=CC2(CCC=C2c2ccccc2)c2ccccc21. The number of rotatable bonds is 1. The first-order valence-electron chi connectivity index (χ1n) is 7.40. The van der Waals surface area contributed by atoms with Gasteiger partial charge in [-0.3, -0.25) is 4.79 Å². The van der Waals surface area contributed by atoms with E-state index in [1.165, 1.54) is 11.1 Å². The first-order chi connectivity index (χ1) is 10.3. The molecule has 0 bridgehead atoms. The summed E-state index contributed by atoms with van der Waals surface area (Å²) in [6.07, 6.45) is 8.29. The number of allylic oxidation sites excluding steroid dienone is 4. The van der Waals surface area contributed by atoms with Gasteiger partial charge in [0.25, 0.3) is 0 Å². The Labute approximate surface area is 124 Å². The van der Waals surface area contributed by atoms with Gasteiger partial charge in [0.2, 0.25) is 0 Å². The van der Waals surface area contributed by atoms with E-state index in [1.807, 2.05) is 24.3 Å². The molecule has 1 unspecified atom stereocenters. The van der Waals surface area contributed by atoms with Crippen molar-refractivity contribution in [3.05, 3.63) is 89.5 Å². The Morgan fingerprint density at radius 3 is 2.52 bits per heavy atom. The number of hydrogen-bond acceptors (Lipinski definition) is 1. The molecule has 1 atom stereocenters. The lowest BCUT2D eigenvalue weighted by atomic mass is 9.68. The van der Waals surface area contributed by atoms with E-state index in [0.29, 0.717) is 0 Å². The molecule has 0 amide bonds. The highest BCUT2D eigenvalue weighted by atomic mass is 16.1. The minimum atomic E-state index is -0.133. The summed E-state index contributed by atoms with van der Waals surface area (Å²) in [5.41, 5.74) is 4.46. The van der Waals surface area contributed by atoms with Crippen LogP contribution in [0, 0.1) is 0 Å². The van der Waals surface area contributed by atoms with Gasteiger partial charge in [-0.1, -0.05) is 66.7 Å². The summed E-state index contributed by atoms with van der Waals surface area (Å²) < 4.78 is 0. The fraction of sp³-hybridized carbons (Fsp3) is 0.150. The van der Waals surface area contributed by atoms with Gasteiger partial charge in [0.15, 0.2) is 5.78 Å². The van der Waals surface area contributed by atoms with Crippen molar-refractivity contribution in [2.45, 2.75) is 18.3 Å². The molecule has 0 heterocycles. The molecule has 0 saturated heterocycles. The molecule has 4 rings (SSSR count). The fourth-order valence-corrected chi connectivity index (χ4v) is 3.69. The zero-order valence-electron chi connectivity index (χ0n) is 11.8. The third-order valence-corrected chi connectivity index (χ3v) is 4.64. The molecule has 0 fully saturated rings. The molecule has 1 nitrogen and oxygen atoms in total. The van der Waals surface area contributed by atoms with Gasteiger partial charge in [-0.15, -0.1) is 0 Å². The molecule has 0 saturated carbocycles. The van der Waals surface area contributed by atoms with Crippen molar-refractivity contribution in [2.24, 2.45) is 0 Å². The van der Waals surface area contributed by atoms with Crippen molar-refractivity contribution < 1.29 is 4.79 Å². The van der Waals surface area contributed by atoms with Crippen LogP contribution < -0.4 is 0 Å². The standard InChI is InChI=1S/C20H16O/c21-19-12-14-20(18-10-5-4-9-16(18)19)13-6-11-17(20)15-7-2-1-3-8-15/h1-5,7-12,14H,6,13H2. The first-order valence-corrected chi connectivity index (χ1v) is 7.40. The summed E-state index contributed by atoms with van der Waals surface area (Å²) >= 11 is 0. The molecule has 21 heavy (non-hydrogen) atoms. The largest absolute Gasteiger partial charge is 0.289 e. The van der Waals surface area contributed by atoms with Gasteiger partial charge < -0.3 is 0 Å². The Morgan fingerprint density at radius 2 is 1.67 bits per heavy atom. The molecule has 1 spiro atoms. The lowest BCUT2D eigenvalue weighted by Gasteiger charge is -2.34. The zero-order valence-corrected chi connectivity index (χ0v) is 11.8. The van der Waals surface area contributed by atoms with Crippen LogP contribution in [0.2, 0.25) is 0 Å². The van der Waals surface area contributed by atoms with E-state index in [1.54, 1.807) is 6.08 Å². The number of carbonyl (C=O) groups is 1. The molecule has 0 N–H and O–H groups in total. The van der Waals surface area contributed by atoms with Gasteiger partial charge in [-0.25, -0.2) is 0 Å². The molecule has 0 aromatic heterocycles. The molecule has 2 aromatic carbocycles. The van der Waals surface area contributed by atoms with Crippen molar-refractivity contribution in [3.8, 4) is 0 Å². The summed E-state index contributed by atoms with van der Waals surface area (Å²) in [5, 5.41) is 0. The minimum absolute atomic E-state index is 0.121. The maximum atomic E-state index is 12.2. The van der Waals surface area contributed by atoms with Crippen molar-refractivity contribution in [2.75, 3.05) is 0 Å². The second-order valence-corrected chi connectivity index (χ2v) is 5.74. The fourth-order valence-electron chi connectivity index (χ4n) is 3.69. The van der Waals surface area contributed by atoms with Gasteiger partial charge in [-0.05, 0) is 35.6 Å². The first kappa shape index (κ1) is 12.3. The van der Waals surface area contributed by atoms with Crippen molar-refractivity contribution >= 4 is 11.4 Å². The topological polar surface area (TPSA) is 17.1 Å². The van der Waals surface area contributed by atoms with E-state index in [0.717, 1.165) is 24.0 Å². The molecule has 0 aliphatic heterocycles. The highest BCUT2D eigenvalue weighted by Crippen LogP contribution is 2.50. The van der Waals surface area contributed by atoms with Crippen LogP contribution in [0.4, 0.5) is 0 Å². The average Bonchev–Trinajstić information content (AvgIpc) is 2.97. The Kier molecular flexibility index (Phi) is 2.68. The Balaban J connectivity index is 1.94. The van der Waals surface area contributed by atoms with E-state index < -0.39 is 0 Å². The van der Waals surface area contributed by atoms with Gasteiger partial charge in [0.1, 0.15) is 0 Å². The number of benzene rings is 2. The molecule has 102 valence electrons. The third-order valence-electron chi connectivity index (χ3n) is 4.64. The quantitative estimate of drug-likeness (QED) is 0.744. The summed E-state index contributed by atoms with van der Waals surface area (Å²) in [7, 11) is 0. The lowest BCUT2D eigenvalue weighted by molar-refractivity contribution is 0.104. The van der Waals surface area contributed by atoms with Crippen LogP contribution in [-0.4, -0.2) is 5.78 Å². The van der Waals surface area contributed by atoms with E-state index >= 15 is 0 Å². The van der Waals surface area contributed by atoms with Crippen LogP contribution in [-0.2, 0) is 5.41 Å². The Hall–Kier alpha value is -2.41. The maximum Gasteiger partial charge on any atom is 0.185 e. The second-order valence-electron chi connectivity index (χ2n) is 5.74. The number of hydrogen-bond donors (Lipinski definition) is 0. The molecule has 1 heteroatoms. The molecular weight excluding hydrogens is 256 g/mol. The number of ketones is 1. The lowest BCUT2D eigenvalue weighted by Crippen LogP contribution is -2.28. The smallest absolute Gasteiger partial charge is 0.185 e. The number of fused-ring (bicyclic) bond motifs is 2. The van der Waals surface area contributed by atoms with Gasteiger partial charge in [-0.2, -0.15) is 0 Å². The van der Waals surface area contributed by atoms with Gasteiger partial charge in [0, 0.05) is 11.0 Å². The van der Waals surface area contributed by atoms with Gasteiger partial charge in [0.05, 0.1) is 0 Å². The van der Waals surface area contributed by atoms with Gasteiger partial charge >= 0.3 is 0 Å². The normalized spacial score (nSPS) is 23.2. The number of carbonyl (C=O) groups excluding carboxylic acids is 1. The second kappa shape index (κ2) is 4.56. The summed E-state index contributed by atoms with van der Waals surface area (Å²) in [6.45, 7) is 0. The van der Waals surface area contributed by atoms with Crippen LogP contribution in [0.1, 0.15) is 34.3 Å². The highest BCUT2D eigenvalue weighted by Gasteiger charge is 2.41. The Bertz CT molecular complexity index is 767. The van der Waals surface area contributed by atoms with Crippen molar-refractivity contribution in [1.29, 1.82) is 0 Å². The Morgan fingerprint density at radius 1 is 0.905 bits per heavy atom. The summed E-state index contributed by atoms with van der Waals surface area (Å²) in [6, 6.07) is 18.6.